The van der Waals surface area contributed by atoms with E-state index in [2.05, 4.69) is 26.3 Å². The maximum atomic E-state index is 12.2. The number of hydrogen-bond donors (Lipinski definition) is 2. The van der Waals surface area contributed by atoms with Gasteiger partial charge in [-0.1, -0.05) is 0 Å². The molecule has 0 aliphatic heterocycles. The number of aliphatic hydroxyl groups is 1. The first kappa shape index (κ1) is 17.1. The summed E-state index contributed by atoms with van der Waals surface area (Å²) in [5.41, 5.74) is 0.187. The van der Waals surface area contributed by atoms with Crippen molar-refractivity contribution in [2.45, 2.75) is 32.4 Å². The second-order valence-electron chi connectivity index (χ2n) is 5.69. The largest absolute Gasteiger partial charge is 0.396 e. The number of anilines is 1. The van der Waals surface area contributed by atoms with Gasteiger partial charge >= 0.3 is 0 Å². The fourth-order valence-corrected chi connectivity index (χ4v) is 2.12. The van der Waals surface area contributed by atoms with Crippen molar-refractivity contribution in [3.05, 3.63) is 21.0 Å². The predicted molar refractivity (Wildman–Crippen MR) is 84.2 cm³/mol. The molecule has 0 atom stereocenters. The molecule has 0 spiro atoms. The van der Waals surface area contributed by atoms with Crippen LogP contribution in [0.4, 0.5) is 5.69 Å². The molecule has 0 aromatic carbocycles. The second-order valence-corrected chi connectivity index (χ2v) is 6.48. The summed E-state index contributed by atoms with van der Waals surface area (Å²) in [6, 6.07) is 0. The number of likely N-dealkylation sites (N-methyl/N-ethyl adjacent to an activating group) is 1. The van der Waals surface area contributed by atoms with Crippen LogP contribution in [0.2, 0.25) is 0 Å². The summed E-state index contributed by atoms with van der Waals surface area (Å²) < 4.78 is 1.91. The van der Waals surface area contributed by atoms with Gasteiger partial charge in [0.25, 0.3) is 5.56 Å². The minimum Gasteiger partial charge on any atom is -0.396 e. The van der Waals surface area contributed by atoms with Crippen LogP contribution < -0.4 is 10.9 Å². The Labute approximate surface area is 127 Å². The maximum absolute atomic E-state index is 12.2. The molecule has 20 heavy (non-hydrogen) atoms. The molecule has 0 saturated carbocycles. The van der Waals surface area contributed by atoms with Crippen LogP contribution in [-0.4, -0.2) is 52.6 Å². The lowest BCUT2D eigenvalue weighted by atomic mass is 10.0. The van der Waals surface area contributed by atoms with Crippen LogP contribution in [0.5, 0.6) is 0 Å². The van der Waals surface area contributed by atoms with E-state index in [9.17, 15) is 4.79 Å². The van der Waals surface area contributed by atoms with E-state index in [0.29, 0.717) is 23.1 Å². The number of aromatic nitrogens is 2. The Morgan fingerprint density at radius 1 is 1.50 bits per heavy atom. The molecule has 6 nitrogen and oxygen atoms in total. The van der Waals surface area contributed by atoms with Gasteiger partial charge in [0.15, 0.2) is 0 Å². The molecule has 0 aliphatic carbocycles. The predicted octanol–water partition coefficient (Wildman–Crippen LogP) is 1.14. The molecule has 1 rings (SSSR count). The summed E-state index contributed by atoms with van der Waals surface area (Å²) >= 11 is 3.33. The minimum absolute atomic E-state index is 0.0882. The van der Waals surface area contributed by atoms with Crippen molar-refractivity contribution in [3.8, 4) is 0 Å². The van der Waals surface area contributed by atoms with Gasteiger partial charge in [0.05, 0.1) is 18.4 Å². The van der Waals surface area contributed by atoms with Gasteiger partial charge in [0.1, 0.15) is 4.47 Å². The quantitative estimate of drug-likeness (QED) is 0.774. The fourth-order valence-electron chi connectivity index (χ4n) is 1.71. The van der Waals surface area contributed by atoms with Crippen molar-refractivity contribution in [2.24, 2.45) is 0 Å². The monoisotopic (exact) mass is 346 g/mol. The standard InChI is InChI=1S/C13H23BrN4O2/c1-13(2,5-8-19)16-10-9-15-18(7-6-17(3)4)12(20)11(10)14/h9,16,19H,5-8H2,1-4H3. The van der Waals surface area contributed by atoms with E-state index in [-0.39, 0.29) is 17.7 Å². The van der Waals surface area contributed by atoms with Crippen molar-refractivity contribution < 1.29 is 5.11 Å². The van der Waals surface area contributed by atoms with Crippen LogP contribution in [0, 0.1) is 0 Å². The van der Waals surface area contributed by atoms with Crippen LogP contribution >= 0.6 is 15.9 Å². The first-order chi connectivity index (χ1) is 9.26. The van der Waals surface area contributed by atoms with Crippen LogP contribution in [0.1, 0.15) is 20.3 Å². The number of nitrogens with zero attached hydrogens (tertiary/aromatic N) is 3. The Balaban J connectivity index is 2.92. The van der Waals surface area contributed by atoms with Crippen molar-refractivity contribution in [1.29, 1.82) is 0 Å². The first-order valence-corrected chi connectivity index (χ1v) is 7.35. The second kappa shape index (κ2) is 7.19. The molecule has 1 heterocycles. The van der Waals surface area contributed by atoms with E-state index < -0.39 is 0 Å². The van der Waals surface area contributed by atoms with Gasteiger partial charge in [-0.3, -0.25) is 4.79 Å². The molecule has 1 aromatic heterocycles. The van der Waals surface area contributed by atoms with Gasteiger partial charge < -0.3 is 15.3 Å². The lowest BCUT2D eigenvalue weighted by Gasteiger charge is -2.27. The summed E-state index contributed by atoms with van der Waals surface area (Å²) in [5, 5.41) is 16.4. The molecule has 7 heteroatoms. The Kier molecular flexibility index (Phi) is 6.16. The number of aliphatic hydroxyl groups excluding tert-OH is 1. The Bertz CT molecular complexity index is 500. The number of hydrogen-bond acceptors (Lipinski definition) is 5. The molecule has 0 unspecified atom stereocenters. The first-order valence-electron chi connectivity index (χ1n) is 6.56. The fraction of sp³-hybridized carbons (Fsp3) is 0.692. The maximum Gasteiger partial charge on any atom is 0.283 e. The molecule has 0 bridgehead atoms. The van der Waals surface area contributed by atoms with E-state index in [4.69, 9.17) is 5.11 Å². The molecule has 0 aliphatic rings. The Hall–Kier alpha value is -0.920. The van der Waals surface area contributed by atoms with Crippen molar-refractivity contribution in [2.75, 3.05) is 32.6 Å². The molecule has 0 radical (unpaired) electrons. The Morgan fingerprint density at radius 3 is 2.70 bits per heavy atom. The number of halogens is 1. The zero-order chi connectivity index (χ0) is 15.3. The van der Waals surface area contributed by atoms with Gasteiger partial charge in [-0.25, -0.2) is 4.68 Å². The highest BCUT2D eigenvalue weighted by Crippen LogP contribution is 2.22. The molecule has 1 aromatic rings. The summed E-state index contributed by atoms with van der Waals surface area (Å²) in [4.78, 5) is 14.2. The van der Waals surface area contributed by atoms with Gasteiger partial charge in [-0.05, 0) is 50.3 Å². The summed E-state index contributed by atoms with van der Waals surface area (Å²) in [5.74, 6) is 0. The highest BCUT2D eigenvalue weighted by molar-refractivity contribution is 9.10. The van der Waals surface area contributed by atoms with Gasteiger partial charge in [0, 0.05) is 18.7 Å². The molecular formula is C13H23BrN4O2. The summed E-state index contributed by atoms with van der Waals surface area (Å²) in [6.45, 7) is 5.32. The van der Waals surface area contributed by atoms with Gasteiger partial charge in [-0.15, -0.1) is 0 Å². The highest BCUT2D eigenvalue weighted by atomic mass is 79.9. The zero-order valence-corrected chi connectivity index (χ0v) is 14.1. The van der Waals surface area contributed by atoms with Crippen molar-refractivity contribution >= 4 is 21.6 Å². The van der Waals surface area contributed by atoms with Gasteiger partial charge in [0.2, 0.25) is 0 Å². The van der Waals surface area contributed by atoms with Crippen molar-refractivity contribution in [3.63, 3.8) is 0 Å². The average Bonchev–Trinajstić information content (AvgIpc) is 2.33. The van der Waals surface area contributed by atoms with Crippen LogP contribution in [0.3, 0.4) is 0 Å². The van der Waals surface area contributed by atoms with Crippen LogP contribution in [0.15, 0.2) is 15.5 Å². The molecule has 0 saturated heterocycles. The third-order valence-corrected chi connectivity index (χ3v) is 3.72. The lowest BCUT2D eigenvalue weighted by molar-refractivity contribution is 0.260. The number of nitrogens with one attached hydrogen (secondary N) is 1. The normalized spacial score (nSPS) is 11.9. The van der Waals surface area contributed by atoms with E-state index in [1.165, 1.54) is 4.68 Å². The smallest absolute Gasteiger partial charge is 0.283 e. The molecule has 114 valence electrons. The Morgan fingerprint density at radius 2 is 2.15 bits per heavy atom. The molecular weight excluding hydrogens is 324 g/mol. The third kappa shape index (κ3) is 4.88. The summed E-state index contributed by atoms with van der Waals surface area (Å²) in [7, 11) is 3.90. The molecule has 0 amide bonds. The van der Waals surface area contributed by atoms with Crippen molar-refractivity contribution in [1.82, 2.24) is 14.7 Å². The van der Waals surface area contributed by atoms with E-state index in [1.54, 1.807) is 6.20 Å². The summed E-state index contributed by atoms with van der Waals surface area (Å²) in [6.07, 6.45) is 2.23. The highest BCUT2D eigenvalue weighted by Gasteiger charge is 2.19. The third-order valence-electron chi connectivity index (χ3n) is 2.95. The molecule has 2 N–H and O–H groups in total. The van der Waals surface area contributed by atoms with Gasteiger partial charge in [-0.2, -0.15) is 5.10 Å². The van der Waals surface area contributed by atoms with E-state index >= 15 is 0 Å². The SMILES string of the molecule is CN(C)CCn1ncc(NC(C)(C)CCO)c(Br)c1=O. The zero-order valence-electron chi connectivity index (χ0n) is 12.5. The average molecular weight is 347 g/mol. The van der Waals surface area contributed by atoms with E-state index in [1.807, 2.05) is 32.8 Å². The van der Waals surface area contributed by atoms with Crippen LogP contribution in [0.25, 0.3) is 0 Å². The lowest BCUT2D eigenvalue weighted by Crippen LogP contribution is -2.34. The van der Waals surface area contributed by atoms with E-state index in [0.717, 1.165) is 6.54 Å². The topological polar surface area (TPSA) is 70.4 Å². The number of rotatable bonds is 7. The van der Waals surface area contributed by atoms with Crippen LogP contribution in [-0.2, 0) is 6.54 Å². The molecule has 0 fully saturated rings. The minimum atomic E-state index is -0.304.